The normalized spacial score (nSPS) is 14.8. The molecule has 110 valence electrons. The van der Waals surface area contributed by atoms with Crippen molar-refractivity contribution in [2.45, 2.75) is 6.04 Å². The van der Waals surface area contributed by atoms with E-state index in [9.17, 15) is 0 Å². The fourth-order valence-corrected chi connectivity index (χ4v) is 3.26. The minimum absolute atomic E-state index is 0.00132. The van der Waals surface area contributed by atoms with E-state index in [4.69, 9.17) is 21.1 Å². The second kappa shape index (κ2) is 6.26. The monoisotopic (exact) mass is 367 g/mol. The average molecular weight is 369 g/mol. The van der Waals surface area contributed by atoms with Crippen LogP contribution in [0.15, 0.2) is 40.9 Å². The molecule has 0 aliphatic carbocycles. The number of halogens is 2. The molecule has 5 heteroatoms. The van der Waals surface area contributed by atoms with Crippen LogP contribution in [0.25, 0.3) is 0 Å². The molecule has 1 atom stereocenters. The number of hydrogen-bond donors (Lipinski definition) is 1. The Morgan fingerprint density at radius 2 is 1.86 bits per heavy atom. The van der Waals surface area contributed by atoms with Crippen LogP contribution in [-0.2, 0) is 0 Å². The molecule has 1 N–H and O–H groups in total. The minimum Gasteiger partial charge on any atom is -0.486 e. The molecule has 0 amide bonds. The van der Waals surface area contributed by atoms with Gasteiger partial charge in [0.25, 0.3) is 0 Å². The molecule has 0 bridgehead atoms. The van der Waals surface area contributed by atoms with E-state index < -0.39 is 0 Å². The Kier molecular flexibility index (Phi) is 4.38. The first kappa shape index (κ1) is 14.7. The quantitative estimate of drug-likeness (QED) is 0.881. The van der Waals surface area contributed by atoms with Gasteiger partial charge < -0.3 is 14.8 Å². The highest BCUT2D eigenvalue weighted by Gasteiger charge is 2.19. The Morgan fingerprint density at radius 3 is 2.57 bits per heavy atom. The van der Waals surface area contributed by atoms with Crippen molar-refractivity contribution in [3.63, 3.8) is 0 Å². The van der Waals surface area contributed by atoms with Crippen molar-refractivity contribution in [3.8, 4) is 11.5 Å². The van der Waals surface area contributed by atoms with Crippen LogP contribution in [0.2, 0.25) is 5.02 Å². The average Bonchev–Trinajstić information content (AvgIpc) is 2.50. The van der Waals surface area contributed by atoms with Gasteiger partial charge in [-0.25, -0.2) is 0 Å². The molecule has 21 heavy (non-hydrogen) atoms. The number of rotatable bonds is 3. The molecule has 0 spiro atoms. The number of nitrogens with one attached hydrogen (secondary N) is 1. The van der Waals surface area contributed by atoms with Gasteiger partial charge in [-0.2, -0.15) is 0 Å². The second-order valence-corrected chi connectivity index (χ2v) is 6.11. The number of benzene rings is 2. The van der Waals surface area contributed by atoms with Crippen molar-refractivity contribution < 1.29 is 9.47 Å². The van der Waals surface area contributed by atoms with Crippen LogP contribution in [0.4, 0.5) is 0 Å². The smallest absolute Gasteiger partial charge is 0.161 e. The summed E-state index contributed by atoms with van der Waals surface area (Å²) in [5, 5.41) is 4.03. The van der Waals surface area contributed by atoms with E-state index in [0.29, 0.717) is 13.2 Å². The van der Waals surface area contributed by atoms with Gasteiger partial charge in [-0.05, 0) is 42.4 Å². The van der Waals surface area contributed by atoms with Crippen LogP contribution in [0.3, 0.4) is 0 Å². The van der Waals surface area contributed by atoms with Crippen molar-refractivity contribution in [1.29, 1.82) is 0 Å². The lowest BCUT2D eigenvalue weighted by atomic mass is 9.98. The zero-order chi connectivity index (χ0) is 14.8. The fraction of sp³-hybridized carbons (Fsp3) is 0.250. The molecule has 1 heterocycles. The first-order valence-corrected chi connectivity index (χ1v) is 7.88. The molecule has 2 aromatic carbocycles. The van der Waals surface area contributed by atoms with Gasteiger partial charge in [0, 0.05) is 9.50 Å². The van der Waals surface area contributed by atoms with E-state index in [1.807, 2.05) is 43.4 Å². The predicted molar refractivity (Wildman–Crippen MR) is 87.5 cm³/mol. The van der Waals surface area contributed by atoms with E-state index in [-0.39, 0.29) is 6.04 Å². The molecule has 1 aliphatic rings. The van der Waals surface area contributed by atoms with E-state index in [2.05, 4.69) is 21.2 Å². The Balaban J connectivity index is 1.99. The van der Waals surface area contributed by atoms with Gasteiger partial charge >= 0.3 is 0 Å². The Morgan fingerprint density at radius 1 is 1.10 bits per heavy atom. The largest absolute Gasteiger partial charge is 0.486 e. The molecule has 0 aromatic heterocycles. The standard InChI is InChI=1S/C16H15BrClNO2/c1-19-16(12-4-3-11(17)9-13(12)18)10-2-5-14-15(8-10)21-7-6-20-14/h2-5,8-9,16,19H,6-7H2,1H3. The van der Waals surface area contributed by atoms with Crippen LogP contribution in [-0.4, -0.2) is 20.3 Å². The highest BCUT2D eigenvalue weighted by atomic mass is 79.9. The van der Waals surface area contributed by atoms with E-state index in [1.54, 1.807) is 0 Å². The highest BCUT2D eigenvalue weighted by Crippen LogP contribution is 2.36. The van der Waals surface area contributed by atoms with Crippen LogP contribution < -0.4 is 14.8 Å². The second-order valence-electron chi connectivity index (χ2n) is 4.79. The highest BCUT2D eigenvalue weighted by molar-refractivity contribution is 9.10. The molecule has 0 saturated heterocycles. The summed E-state index contributed by atoms with van der Waals surface area (Å²) in [6.07, 6.45) is 0. The van der Waals surface area contributed by atoms with Crippen molar-refractivity contribution in [2.24, 2.45) is 0 Å². The topological polar surface area (TPSA) is 30.5 Å². The lowest BCUT2D eigenvalue weighted by Crippen LogP contribution is -2.19. The van der Waals surface area contributed by atoms with Crippen LogP contribution >= 0.6 is 27.5 Å². The number of fused-ring (bicyclic) bond motifs is 1. The summed E-state index contributed by atoms with van der Waals surface area (Å²) in [4.78, 5) is 0. The lowest BCUT2D eigenvalue weighted by Gasteiger charge is -2.23. The third-order valence-electron chi connectivity index (χ3n) is 3.46. The molecule has 0 saturated carbocycles. The summed E-state index contributed by atoms with van der Waals surface area (Å²) in [5.74, 6) is 1.58. The van der Waals surface area contributed by atoms with Gasteiger partial charge in [0.1, 0.15) is 13.2 Å². The van der Waals surface area contributed by atoms with Crippen molar-refractivity contribution in [1.82, 2.24) is 5.32 Å². The molecule has 0 radical (unpaired) electrons. The maximum atomic E-state index is 6.37. The Bertz CT molecular complexity index is 663. The summed E-state index contributed by atoms with van der Waals surface area (Å²) in [5.41, 5.74) is 2.12. The van der Waals surface area contributed by atoms with Crippen molar-refractivity contribution >= 4 is 27.5 Å². The number of hydrogen-bond acceptors (Lipinski definition) is 3. The summed E-state index contributed by atoms with van der Waals surface area (Å²) in [7, 11) is 1.92. The summed E-state index contributed by atoms with van der Waals surface area (Å²) in [6, 6.07) is 11.9. The summed E-state index contributed by atoms with van der Waals surface area (Å²) in [6.45, 7) is 1.18. The van der Waals surface area contributed by atoms with Gasteiger partial charge in [0.05, 0.1) is 6.04 Å². The predicted octanol–water partition coefficient (Wildman–Crippen LogP) is 4.18. The SMILES string of the molecule is CNC(c1ccc2c(c1)OCCO2)c1ccc(Br)cc1Cl. The molecular formula is C16H15BrClNO2. The van der Waals surface area contributed by atoms with Gasteiger partial charge in [-0.3, -0.25) is 0 Å². The van der Waals surface area contributed by atoms with Crippen LogP contribution in [0.1, 0.15) is 17.2 Å². The number of ether oxygens (including phenoxy) is 2. The van der Waals surface area contributed by atoms with Crippen LogP contribution in [0.5, 0.6) is 11.5 Å². The Hall–Kier alpha value is -1.23. The van der Waals surface area contributed by atoms with Crippen molar-refractivity contribution in [3.05, 3.63) is 57.0 Å². The van der Waals surface area contributed by atoms with Gasteiger partial charge in [0.15, 0.2) is 11.5 Å². The Labute approximate surface area is 137 Å². The zero-order valence-corrected chi connectivity index (χ0v) is 13.9. The zero-order valence-electron chi connectivity index (χ0n) is 11.5. The first-order chi connectivity index (χ1) is 10.2. The van der Waals surface area contributed by atoms with Crippen LogP contribution in [0, 0.1) is 0 Å². The molecule has 0 fully saturated rings. The minimum atomic E-state index is 0.00132. The molecule has 3 nitrogen and oxygen atoms in total. The van der Waals surface area contributed by atoms with E-state index in [0.717, 1.165) is 32.1 Å². The third kappa shape index (κ3) is 3.03. The van der Waals surface area contributed by atoms with Gasteiger partial charge in [-0.1, -0.05) is 39.7 Å². The first-order valence-electron chi connectivity index (χ1n) is 6.71. The molecule has 1 aliphatic heterocycles. The molecule has 3 rings (SSSR count). The third-order valence-corrected chi connectivity index (χ3v) is 4.28. The fourth-order valence-electron chi connectivity index (χ4n) is 2.48. The molecule has 1 unspecified atom stereocenters. The van der Waals surface area contributed by atoms with Gasteiger partial charge in [0.2, 0.25) is 0 Å². The molecular weight excluding hydrogens is 354 g/mol. The van der Waals surface area contributed by atoms with E-state index >= 15 is 0 Å². The van der Waals surface area contributed by atoms with E-state index in [1.165, 1.54) is 0 Å². The summed E-state index contributed by atoms with van der Waals surface area (Å²) < 4.78 is 12.2. The summed E-state index contributed by atoms with van der Waals surface area (Å²) >= 11 is 9.80. The molecule has 2 aromatic rings. The maximum Gasteiger partial charge on any atom is 0.161 e. The lowest BCUT2D eigenvalue weighted by molar-refractivity contribution is 0.171. The van der Waals surface area contributed by atoms with Gasteiger partial charge in [-0.15, -0.1) is 0 Å². The maximum absolute atomic E-state index is 6.37. The van der Waals surface area contributed by atoms with Crippen molar-refractivity contribution in [2.75, 3.05) is 20.3 Å².